The molecule has 0 saturated heterocycles. The molecule has 0 unspecified atom stereocenters. The second-order valence-corrected chi connectivity index (χ2v) is 4.02. The van der Waals surface area contributed by atoms with Gasteiger partial charge in [0.15, 0.2) is 0 Å². The van der Waals surface area contributed by atoms with E-state index >= 15 is 0 Å². The van der Waals surface area contributed by atoms with Crippen molar-refractivity contribution in [3.63, 3.8) is 0 Å². The van der Waals surface area contributed by atoms with Crippen LogP contribution < -0.4 is 0 Å². The Labute approximate surface area is 109 Å². The van der Waals surface area contributed by atoms with Gasteiger partial charge in [-0.25, -0.2) is 4.98 Å². The van der Waals surface area contributed by atoms with Crippen molar-refractivity contribution in [3.8, 4) is 17.8 Å². The summed E-state index contributed by atoms with van der Waals surface area (Å²) in [5.41, 5.74) is 1.47. The van der Waals surface area contributed by atoms with E-state index in [-0.39, 0.29) is 0 Å². The number of hydrogen-bond donors (Lipinski definition) is 0. The largest absolute Gasteiger partial charge is 0.291 e. The van der Waals surface area contributed by atoms with Crippen molar-refractivity contribution in [2.45, 2.75) is 0 Å². The Bertz CT molecular complexity index is 846. The van der Waals surface area contributed by atoms with Crippen LogP contribution in [0.5, 0.6) is 0 Å². The average molecular weight is 244 g/mol. The second-order valence-electron chi connectivity index (χ2n) is 4.02. The fourth-order valence-corrected chi connectivity index (χ4v) is 2.17. The zero-order valence-electron chi connectivity index (χ0n) is 9.91. The lowest BCUT2D eigenvalue weighted by molar-refractivity contribution is 1.03. The molecule has 0 N–H and O–H groups in total. The summed E-state index contributed by atoms with van der Waals surface area (Å²) < 4.78 is 1.73. The van der Waals surface area contributed by atoms with Gasteiger partial charge < -0.3 is 0 Å². The molecule has 0 radical (unpaired) electrons. The monoisotopic (exact) mass is 244 g/mol. The van der Waals surface area contributed by atoms with Crippen molar-refractivity contribution in [2.75, 3.05) is 0 Å². The molecule has 4 heteroatoms. The fourth-order valence-electron chi connectivity index (χ4n) is 2.17. The predicted molar refractivity (Wildman–Crippen MR) is 70.5 cm³/mol. The molecule has 2 aromatic carbocycles. The maximum absolute atomic E-state index is 9.14. The van der Waals surface area contributed by atoms with Crippen molar-refractivity contribution < 1.29 is 0 Å². The van der Waals surface area contributed by atoms with Gasteiger partial charge in [0.05, 0.1) is 17.3 Å². The molecule has 88 valence electrons. The molecule has 0 aliphatic rings. The molecule has 0 aliphatic carbocycles. The Balaban J connectivity index is 2.39. The van der Waals surface area contributed by atoms with E-state index in [9.17, 15) is 0 Å². The zero-order valence-corrected chi connectivity index (χ0v) is 9.91. The van der Waals surface area contributed by atoms with E-state index < -0.39 is 0 Å². The molecule has 0 atom stereocenters. The maximum atomic E-state index is 9.14. The highest BCUT2D eigenvalue weighted by Gasteiger charge is 2.09. The van der Waals surface area contributed by atoms with E-state index in [1.807, 2.05) is 30.3 Å². The van der Waals surface area contributed by atoms with Gasteiger partial charge in [-0.05, 0) is 12.1 Å². The van der Waals surface area contributed by atoms with Gasteiger partial charge in [-0.1, -0.05) is 24.3 Å². The van der Waals surface area contributed by atoms with Crippen molar-refractivity contribution >= 4 is 10.8 Å². The summed E-state index contributed by atoms with van der Waals surface area (Å²) in [6, 6.07) is 15.5. The molecule has 0 bridgehead atoms. The molecule has 4 nitrogen and oxygen atoms in total. The van der Waals surface area contributed by atoms with Crippen molar-refractivity contribution in [1.82, 2.24) is 9.55 Å². The van der Waals surface area contributed by atoms with E-state index in [0.717, 1.165) is 16.5 Å². The molecule has 0 spiro atoms. The van der Waals surface area contributed by atoms with Crippen LogP contribution in [0.3, 0.4) is 0 Å². The maximum Gasteiger partial charge on any atom is 0.217 e. The number of aromatic nitrogens is 2. The van der Waals surface area contributed by atoms with E-state index in [0.29, 0.717) is 11.4 Å². The summed E-state index contributed by atoms with van der Waals surface area (Å²) in [7, 11) is 0. The first-order chi connectivity index (χ1) is 9.35. The van der Waals surface area contributed by atoms with Gasteiger partial charge in [0.25, 0.3) is 0 Å². The third-order valence-electron chi connectivity index (χ3n) is 3.02. The van der Waals surface area contributed by atoms with Crippen LogP contribution in [0.1, 0.15) is 11.4 Å². The minimum absolute atomic E-state index is 0.329. The highest BCUT2D eigenvalue weighted by Crippen LogP contribution is 2.25. The second kappa shape index (κ2) is 4.29. The van der Waals surface area contributed by atoms with Crippen LogP contribution in [0.25, 0.3) is 16.5 Å². The molecule has 0 aliphatic heterocycles. The number of rotatable bonds is 1. The number of hydrogen-bond acceptors (Lipinski definition) is 3. The SMILES string of the molecule is N#Cc1ccc(-n2ccnc2C#N)c2ccccc12. The Morgan fingerprint density at radius 2 is 1.74 bits per heavy atom. The van der Waals surface area contributed by atoms with Crippen molar-refractivity contribution in [2.24, 2.45) is 0 Å². The molecule has 0 saturated carbocycles. The summed E-state index contributed by atoms with van der Waals surface area (Å²) in [6.07, 6.45) is 3.33. The first-order valence-corrected chi connectivity index (χ1v) is 5.71. The lowest BCUT2D eigenvalue weighted by atomic mass is 10.0. The molecule has 0 amide bonds. The lowest BCUT2D eigenvalue weighted by Gasteiger charge is -2.09. The quantitative estimate of drug-likeness (QED) is 0.661. The fraction of sp³-hybridized carbons (Fsp3) is 0. The van der Waals surface area contributed by atoms with Gasteiger partial charge >= 0.3 is 0 Å². The van der Waals surface area contributed by atoms with Crippen LogP contribution in [-0.2, 0) is 0 Å². The standard InChI is InChI=1S/C15H8N4/c16-9-11-5-6-14(13-4-2-1-3-12(11)13)19-8-7-18-15(19)10-17/h1-8H. The number of benzene rings is 2. The number of nitriles is 2. The molecule has 1 heterocycles. The van der Waals surface area contributed by atoms with E-state index in [1.165, 1.54) is 0 Å². The van der Waals surface area contributed by atoms with Gasteiger partial charge in [-0.2, -0.15) is 10.5 Å². The summed E-state index contributed by atoms with van der Waals surface area (Å²) >= 11 is 0. The highest BCUT2D eigenvalue weighted by molar-refractivity contribution is 5.94. The summed E-state index contributed by atoms with van der Waals surface area (Å²) in [4.78, 5) is 4.00. The average Bonchev–Trinajstić information content (AvgIpc) is 2.94. The Morgan fingerprint density at radius 1 is 0.947 bits per heavy atom. The van der Waals surface area contributed by atoms with Crippen LogP contribution in [0.2, 0.25) is 0 Å². The molecular formula is C15H8N4. The minimum Gasteiger partial charge on any atom is -0.291 e. The number of imidazole rings is 1. The van der Waals surface area contributed by atoms with Crippen LogP contribution in [0, 0.1) is 22.7 Å². The highest BCUT2D eigenvalue weighted by atomic mass is 15.1. The first kappa shape index (κ1) is 11.0. The normalized spacial score (nSPS) is 10.0. The summed E-state index contributed by atoms with van der Waals surface area (Å²) in [5, 5.41) is 20.0. The summed E-state index contributed by atoms with van der Waals surface area (Å²) in [5.74, 6) is 0.329. The van der Waals surface area contributed by atoms with Crippen LogP contribution >= 0.6 is 0 Å². The molecule has 0 fully saturated rings. The topological polar surface area (TPSA) is 65.4 Å². The van der Waals surface area contributed by atoms with Crippen LogP contribution in [0.15, 0.2) is 48.8 Å². The third kappa shape index (κ3) is 1.64. The number of nitrogens with zero attached hydrogens (tertiary/aromatic N) is 4. The van der Waals surface area contributed by atoms with E-state index in [1.54, 1.807) is 23.0 Å². The van der Waals surface area contributed by atoms with Crippen LogP contribution in [-0.4, -0.2) is 9.55 Å². The Hall–Kier alpha value is -3.11. The van der Waals surface area contributed by atoms with Crippen LogP contribution in [0.4, 0.5) is 0 Å². The Morgan fingerprint density at radius 3 is 2.47 bits per heavy atom. The molecule has 3 rings (SSSR count). The van der Waals surface area contributed by atoms with E-state index in [2.05, 4.69) is 17.1 Å². The van der Waals surface area contributed by atoms with E-state index in [4.69, 9.17) is 10.5 Å². The smallest absolute Gasteiger partial charge is 0.217 e. The molecular weight excluding hydrogens is 236 g/mol. The van der Waals surface area contributed by atoms with Gasteiger partial charge in [-0.15, -0.1) is 0 Å². The lowest BCUT2D eigenvalue weighted by Crippen LogP contribution is -1.98. The zero-order chi connectivity index (χ0) is 13.2. The van der Waals surface area contributed by atoms with Crippen molar-refractivity contribution in [1.29, 1.82) is 10.5 Å². The summed E-state index contributed by atoms with van der Waals surface area (Å²) in [6.45, 7) is 0. The van der Waals surface area contributed by atoms with Gasteiger partial charge in [0.1, 0.15) is 6.07 Å². The predicted octanol–water partition coefficient (Wildman–Crippen LogP) is 2.77. The first-order valence-electron chi connectivity index (χ1n) is 5.71. The Kier molecular flexibility index (Phi) is 2.48. The third-order valence-corrected chi connectivity index (χ3v) is 3.02. The molecule has 1 aromatic heterocycles. The molecule has 3 aromatic rings. The molecule has 19 heavy (non-hydrogen) atoms. The minimum atomic E-state index is 0.329. The van der Waals surface area contributed by atoms with Gasteiger partial charge in [0, 0.05) is 23.2 Å². The van der Waals surface area contributed by atoms with Crippen molar-refractivity contribution in [3.05, 3.63) is 60.2 Å². The number of fused-ring (bicyclic) bond motifs is 1. The van der Waals surface area contributed by atoms with Gasteiger partial charge in [-0.3, -0.25) is 4.57 Å². The van der Waals surface area contributed by atoms with Gasteiger partial charge in [0.2, 0.25) is 5.82 Å².